The number of rotatable bonds is 4. The lowest BCUT2D eigenvalue weighted by molar-refractivity contribution is 0.248. The number of anilines is 1. The van der Waals surface area contributed by atoms with Crippen molar-refractivity contribution in [3.63, 3.8) is 0 Å². The molecule has 2 aromatic heterocycles. The third-order valence-electron chi connectivity index (χ3n) is 3.31. The molecule has 3 rings (SSSR count). The SMILES string of the molecule is CC(NC(=O)Nc1cc(F)c(F)cc1I)c1ncnn1-c1ncccn1. The first-order valence-corrected chi connectivity index (χ1v) is 8.43. The number of carbonyl (C=O) groups is 1. The van der Waals surface area contributed by atoms with E-state index in [0.717, 1.165) is 12.1 Å². The molecule has 0 fully saturated rings. The van der Waals surface area contributed by atoms with E-state index in [1.54, 1.807) is 48.0 Å². The van der Waals surface area contributed by atoms with Crippen LogP contribution in [0.3, 0.4) is 0 Å². The third kappa shape index (κ3) is 3.92. The number of urea groups is 1. The van der Waals surface area contributed by atoms with Crippen LogP contribution in [-0.2, 0) is 0 Å². The molecule has 3 aromatic rings. The van der Waals surface area contributed by atoms with Gasteiger partial charge in [0, 0.05) is 22.0 Å². The normalized spacial score (nSPS) is 11.8. The molecule has 1 aromatic carbocycles. The minimum Gasteiger partial charge on any atom is -0.328 e. The molecule has 2 N–H and O–H groups in total. The Morgan fingerprint density at radius 3 is 2.62 bits per heavy atom. The molecular formula is C15H12F2IN7O. The lowest BCUT2D eigenvalue weighted by Gasteiger charge is -2.15. The molecule has 11 heteroatoms. The number of halogens is 3. The number of carbonyl (C=O) groups excluding carboxylic acids is 1. The van der Waals surface area contributed by atoms with Gasteiger partial charge in [0.1, 0.15) is 6.33 Å². The van der Waals surface area contributed by atoms with Crippen LogP contribution < -0.4 is 10.6 Å². The van der Waals surface area contributed by atoms with E-state index in [1.165, 1.54) is 11.0 Å². The van der Waals surface area contributed by atoms with Gasteiger partial charge in [-0.05, 0) is 41.6 Å². The third-order valence-corrected chi connectivity index (χ3v) is 4.20. The molecule has 0 spiro atoms. The van der Waals surface area contributed by atoms with Gasteiger partial charge >= 0.3 is 6.03 Å². The van der Waals surface area contributed by atoms with Crippen molar-refractivity contribution in [1.82, 2.24) is 30.0 Å². The highest BCUT2D eigenvalue weighted by molar-refractivity contribution is 14.1. The number of amides is 2. The Kier molecular flexibility index (Phi) is 5.35. The van der Waals surface area contributed by atoms with Gasteiger partial charge in [-0.3, -0.25) is 0 Å². The van der Waals surface area contributed by atoms with E-state index in [9.17, 15) is 13.6 Å². The molecule has 0 aliphatic heterocycles. The van der Waals surface area contributed by atoms with E-state index in [0.29, 0.717) is 15.3 Å². The van der Waals surface area contributed by atoms with Crippen molar-refractivity contribution < 1.29 is 13.6 Å². The first-order valence-electron chi connectivity index (χ1n) is 7.35. The van der Waals surface area contributed by atoms with E-state index in [-0.39, 0.29) is 5.69 Å². The number of aromatic nitrogens is 5. The topological polar surface area (TPSA) is 97.6 Å². The van der Waals surface area contributed by atoms with Crippen LogP contribution in [0.25, 0.3) is 5.95 Å². The van der Waals surface area contributed by atoms with E-state index >= 15 is 0 Å². The quantitative estimate of drug-likeness (QED) is 0.451. The highest BCUT2D eigenvalue weighted by Gasteiger charge is 2.19. The summed E-state index contributed by atoms with van der Waals surface area (Å²) in [7, 11) is 0. The number of hydrogen-bond acceptors (Lipinski definition) is 5. The minimum absolute atomic E-state index is 0.155. The van der Waals surface area contributed by atoms with Gasteiger partial charge < -0.3 is 10.6 Å². The standard InChI is InChI=1S/C15H12F2IN7O/c1-8(13-21-7-22-25(13)14-19-3-2-4-20-14)23-15(26)24-12-6-10(17)9(16)5-11(12)18/h2-8H,1H3,(H2,23,24,26). The van der Waals surface area contributed by atoms with Crippen LogP contribution >= 0.6 is 22.6 Å². The summed E-state index contributed by atoms with van der Waals surface area (Å²) in [6, 6.07) is 2.42. The molecule has 0 radical (unpaired) electrons. The van der Waals surface area contributed by atoms with Crippen LogP contribution in [0.5, 0.6) is 0 Å². The van der Waals surface area contributed by atoms with Crippen molar-refractivity contribution in [3.8, 4) is 5.95 Å². The number of hydrogen-bond donors (Lipinski definition) is 2. The van der Waals surface area contributed by atoms with Crippen molar-refractivity contribution in [2.75, 3.05) is 5.32 Å². The zero-order chi connectivity index (χ0) is 18.7. The van der Waals surface area contributed by atoms with E-state index < -0.39 is 23.7 Å². The predicted octanol–water partition coefficient (Wildman–Crippen LogP) is 2.82. The average molecular weight is 471 g/mol. The number of benzene rings is 1. The smallest absolute Gasteiger partial charge is 0.319 e. The van der Waals surface area contributed by atoms with Crippen LogP contribution in [0.4, 0.5) is 19.3 Å². The molecule has 2 heterocycles. The summed E-state index contributed by atoms with van der Waals surface area (Å²) < 4.78 is 28.3. The fourth-order valence-electron chi connectivity index (χ4n) is 2.14. The van der Waals surface area contributed by atoms with Crippen molar-refractivity contribution >= 4 is 34.3 Å². The maximum Gasteiger partial charge on any atom is 0.319 e. The fraction of sp³-hybridized carbons (Fsp3) is 0.133. The minimum atomic E-state index is -1.05. The maximum absolute atomic E-state index is 13.4. The second-order valence-corrected chi connectivity index (χ2v) is 6.31. The van der Waals surface area contributed by atoms with Crippen molar-refractivity contribution in [2.24, 2.45) is 0 Å². The van der Waals surface area contributed by atoms with Gasteiger partial charge in [-0.1, -0.05) is 0 Å². The summed E-state index contributed by atoms with van der Waals surface area (Å²) in [5, 5.41) is 9.18. The zero-order valence-corrected chi connectivity index (χ0v) is 15.5. The molecule has 26 heavy (non-hydrogen) atoms. The molecule has 8 nitrogen and oxygen atoms in total. The molecule has 0 saturated heterocycles. The Bertz CT molecular complexity index is 935. The van der Waals surface area contributed by atoms with Crippen molar-refractivity contribution in [2.45, 2.75) is 13.0 Å². The number of nitrogens with zero attached hydrogens (tertiary/aromatic N) is 5. The van der Waals surface area contributed by atoms with E-state index in [1.807, 2.05) is 0 Å². The highest BCUT2D eigenvalue weighted by atomic mass is 127. The Balaban J connectivity index is 1.73. The average Bonchev–Trinajstić information content (AvgIpc) is 3.10. The van der Waals surface area contributed by atoms with Gasteiger partial charge in [0.15, 0.2) is 17.5 Å². The molecular weight excluding hydrogens is 459 g/mol. The van der Waals surface area contributed by atoms with Gasteiger partial charge in [0.2, 0.25) is 0 Å². The fourth-order valence-corrected chi connectivity index (χ4v) is 2.70. The lowest BCUT2D eigenvalue weighted by Crippen LogP contribution is -2.33. The predicted molar refractivity (Wildman–Crippen MR) is 96.6 cm³/mol. The first-order chi connectivity index (χ1) is 12.5. The molecule has 0 bridgehead atoms. The molecule has 2 amide bonds. The molecule has 1 atom stereocenters. The molecule has 0 saturated carbocycles. The molecule has 134 valence electrons. The Morgan fingerprint density at radius 1 is 1.19 bits per heavy atom. The van der Waals surface area contributed by atoms with Crippen molar-refractivity contribution in [3.05, 3.63) is 57.9 Å². The highest BCUT2D eigenvalue weighted by Crippen LogP contribution is 2.22. The Morgan fingerprint density at radius 2 is 1.88 bits per heavy atom. The van der Waals surface area contributed by atoms with Crippen molar-refractivity contribution in [1.29, 1.82) is 0 Å². The van der Waals surface area contributed by atoms with Gasteiger partial charge in [-0.25, -0.2) is 28.5 Å². The maximum atomic E-state index is 13.4. The summed E-state index contributed by atoms with van der Waals surface area (Å²) in [6.07, 6.45) is 4.44. The first kappa shape index (κ1) is 18.1. The molecule has 0 aliphatic carbocycles. The summed E-state index contributed by atoms with van der Waals surface area (Å²) >= 11 is 1.80. The van der Waals surface area contributed by atoms with Crippen LogP contribution in [-0.4, -0.2) is 30.8 Å². The second-order valence-electron chi connectivity index (χ2n) is 5.15. The van der Waals surface area contributed by atoms with Crippen LogP contribution in [0.2, 0.25) is 0 Å². The van der Waals surface area contributed by atoms with Crippen LogP contribution in [0, 0.1) is 15.2 Å². The summed E-state index contributed by atoms with van der Waals surface area (Å²) in [5.74, 6) is -1.31. The summed E-state index contributed by atoms with van der Waals surface area (Å²) in [6.45, 7) is 1.69. The summed E-state index contributed by atoms with van der Waals surface area (Å²) in [4.78, 5) is 24.5. The summed E-state index contributed by atoms with van der Waals surface area (Å²) in [5.41, 5.74) is 0.155. The van der Waals surface area contributed by atoms with Gasteiger partial charge in [-0.15, -0.1) is 0 Å². The van der Waals surface area contributed by atoms with Gasteiger partial charge in [-0.2, -0.15) is 9.78 Å². The van der Waals surface area contributed by atoms with Gasteiger partial charge in [0.05, 0.1) is 11.7 Å². The van der Waals surface area contributed by atoms with Crippen LogP contribution in [0.15, 0.2) is 36.9 Å². The lowest BCUT2D eigenvalue weighted by atomic mass is 10.3. The van der Waals surface area contributed by atoms with E-state index in [4.69, 9.17) is 0 Å². The monoisotopic (exact) mass is 471 g/mol. The Labute approximate surface area is 160 Å². The largest absolute Gasteiger partial charge is 0.328 e. The zero-order valence-electron chi connectivity index (χ0n) is 13.3. The molecule has 1 unspecified atom stereocenters. The number of nitrogens with one attached hydrogen (secondary N) is 2. The van der Waals surface area contributed by atoms with E-state index in [2.05, 4.69) is 30.7 Å². The Hall–Kier alpha value is -2.70. The molecule has 0 aliphatic rings. The van der Waals surface area contributed by atoms with Crippen LogP contribution in [0.1, 0.15) is 18.8 Å². The van der Waals surface area contributed by atoms with Gasteiger partial charge in [0.25, 0.3) is 5.95 Å². The second kappa shape index (κ2) is 7.68.